The number of methoxy groups -OCH3 is 1. The number of amides is 2. The number of benzene rings is 1. The van der Waals surface area contributed by atoms with E-state index >= 15 is 0 Å². The van der Waals surface area contributed by atoms with Gasteiger partial charge in [-0.3, -0.25) is 9.97 Å². The predicted octanol–water partition coefficient (Wildman–Crippen LogP) is 4.64. The number of urea groups is 1. The van der Waals surface area contributed by atoms with Crippen LogP contribution in [0.2, 0.25) is 0 Å². The molecule has 0 fully saturated rings. The summed E-state index contributed by atoms with van der Waals surface area (Å²) in [6, 6.07) is 11.2. The van der Waals surface area contributed by atoms with Crippen LogP contribution in [-0.2, 0) is 0 Å². The van der Waals surface area contributed by atoms with Crippen LogP contribution in [0.3, 0.4) is 0 Å². The van der Waals surface area contributed by atoms with Crippen LogP contribution < -0.4 is 20.7 Å². The maximum absolute atomic E-state index is 11.8. The molecule has 3 N–H and O–H groups in total. The van der Waals surface area contributed by atoms with Crippen LogP contribution in [0.5, 0.6) is 5.75 Å². The molecule has 0 bridgehead atoms. The molecule has 0 radical (unpaired) electrons. The summed E-state index contributed by atoms with van der Waals surface area (Å²) < 4.78 is 5.46. The molecule has 162 valence electrons. The summed E-state index contributed by atoms with van der Waals surface area (Å²) in [7, 11) is 1.56. The zero-order chi connectivity index (χ0) is 22.1. The van der Waals surface area contributed by atoms with Gasteiger partial charge in [0, 0.05) is 18.3 Å². The molecule has 0 spiro atoms. The number of aromatic nitrogens is 3. The molecule has 8 nitrogen and oxygen atoms in total. The van der Waals surface area contributed by atoms with Gasteiger partial charge in [-0.2, -0.15) is 0 Å². The van der Waals surface area contributed by atoms with Crippen molar-refractivity contribution in [3.8, 4) is 17.0 Å². The molecule has 1 unspecified atom stereocenters. The van der Waals surface area contributed by atoms with E-state index in [0.717, 1.165) is 24.1 Å². The van der Waals surface area contributed by atoms with E-state index in [9.17, 15) is 4.79 Å². The van der Waals surface area contributed by atoms with Gasteiger partial charge in [0.15, 0.2) is 0 Å². The van der Waals surface area contributed by atoms with E-state index < -0.39 is 0 Å². The lowest BCUT2D eigenvalue weighted by Crippen LogP contribution is -2.28. The molecular weight excluding hydrogens is 392 g/mol. The second kappa shape index (κ2) is 10.9. The van der Waals surface area contributed by atoms with Gasteiger partial charge in [-0.1, -0.05) is 25.5 Å². The highest BCUT2D eigenvalue weighted by molar-refractivity contribution is 5.91. The van der Waals surface area contributed by atoms with E-state index in [4.69, 9.17) is 9.72 Å². The predicted molar refractivity (Wildman–Crippen MR) is 122 cm³/mol. The summed E-state index contributed by atoms with van der Waals surface area (Å²) >= 11 is 0. The fourth-order valence-corrected chi connectivity index (χ4v) is 3.20. The fraction of sp³-hybridized carbons (Fsp3) is 0.304. The Morgan fingerprint density at radius 3 is 2.74 bits per heavy atom. The Balaban J connectivity index is 1.82. The van der Waals surface area contributed by atoms with E-state index in [-0.39, 0.29) is 12.1 Å². The number of anilines is 2. The van der Waals surface area contributed by atoms with Crippen LogP contribution in [0, 0.1) is 0 Å². The first kappa shape index (κ1) is 22.0. The lowest BCUT2D eigenvalue weighted by atomic mass is 10.1. The van der Waals surface area contributed by atoms with Gasteiger partial charge in [-0.25, -0.2) is 9.78 Å². The number of hydrogen-bond acceptors (Lipinski definition) is 6. The number of nitrogens with one attached hydrogen (secondary N) is 3. The molecule has 0 saturated heterocycles. The van der Waals surface area contributed by atoms with Crippen molar-refractivity contribution in [2.75, 3.05) is 24.3 Å². The quantitative estimate of drug-likeness (QED) is 0.466. The zero-order valence-electron chi connectivity index (χ0n) is 18.1. The highest BCUT2D eigenvalue weighted by Crippen LogP contribution is 2.30. The van der Waals surface area contributed by atoms with Gasteiger partial charge in [-0.15, -0.1) is 0 Å². The highest BCUT2D eigenvalue weighted by atomic mass is 16.5. The number of nitrogens with zero attached hydrogens (tertiary/aromatic N) is 3. The van der Waals surface area contributed by atoms with Crippen molar-refractivity contribution in [2.24, 2.45) is 0 Å². The van der Waals surface area contributed by atoms with Gasteiger partial charge in [0.2, 0.25) is 0 Å². The van der Waals surface area contributed by atoms with Gasteiger partial charge < -0.3 is 20.7 Å². The molecule has 31 heavy (non-hydrogen) atoms. The first-order chi connectivity index (χ1) is 15.1. The highest BCUT2D eigenvalue weighted by Gasteiger charge is 2.14. The lowest BCUT2D eigenvalue weighted by molar-refractivity contribution is 0.252. The molecule has 8 heteroatoms. The largest absolute Gasteiger partial charge is 0.495 e. The molecule has 3 aromatic rings. The fourth-order valence-electron chi connectivity index (χ4n) is 3.20. The van der Waals surface area contributed by atoms with E-state index in [1.54, 1.807) is 31.8 Å². The van der Waals surface area contributed by atoms with Crippen molar-refractivity contribution in [1.82, 2.24) is 20.3 Å². The minimum absolute atomic E-state index is 0.0499. The molecule has 2 aromatic heterocycles. The van der Waals surface area contributed by atoms with Gasteiger partial charge in [0.25, 0.3) is 0 Å². The Hall–Kier alpha value is -3.68. The normalized spacial score (nSPS) is 11.5. The Kier molecular flexibility index (Phi) is 7.75. The molecule has 1 aromatic carbocycles. The van der Waals surface area contributed by atoms with Crippen molar-refractivity contribution in [1.29, 1.82) is 0 Å². The minimum atomic E-state index is -0.281. The topological polar surface area (TPSA) is 101 Å². The molecule has 3 rings (SSSR count). The van der Waals surface area contributed by atoms with Gasteiger partial charge in [-0.05, 0) is 37.6 Å². The van der Waals surface area contributed by atoms with Crippen LogP contribution in [0.1, 0.15) is 38.4 Å². The summed E-state index contributed by atoms with van der Waals surface area (Å²) in [4.78, 5) is 25.4. The van der Waals surface area contributed by atoms with Crippen molar-refractivity contribution < 1.29 is 9.53 Å². The monoisotopic (exact) mass is 420 g/mol. The average molecular weight is 421 g/mol. The molecular formula is C23H28N6O2. The third kappa shape index (κ3) is 5.91. The number of carbonyl (C=O) groups excluding carboxylic acids is 1. The number of rotatable bonds is 9. The molecule has 0 aliphatic heterocycles. The summed E-state index contributed by atoms with van der Waals surface area (Å²) in [6.45, 7) is 4.54. The van der Waals surface area contributed by atoms with Crippen molar-refractivity contribution in [3.63, 3.8) is 0 Å². The molecule has 2 amide bonds. The van der Waals surface area contributed by atoms with Crippen LogP contribution in [0.4, 0.5) is 16.3 Å². The number of carbonyl (C=O) groups is 1. The number of hydrogen-bond donors (Lipinski definition) is 3. The van der Waals surface area contributed by atoms with Crippen molar-refractivity contribution >= 4 is 17.5 Å². The summed E-state index contributed by atoms with van der Waals surface area (Å²) in [6.07, 6.45) is 7.14. The van der Waals surface area contributed by atoms with E-state index in [1.165, 1.54) is 0 Å². The van der Waals surface area contributed by atoms with Crippen molar-refractivity contribution in [3.05, 3.63) is 60.7 Å². The zero-order valence-corrected chi connectivity index (χ0v) is 18.1. The molecule has 1 atom stereocenters. The SMILES string of the molecule is CCCC(Nc1cncc(-c2ccc(NC(=O)NCC)c(OC)c2)n1)c1ccccn1. The smallest absolute Gasteiger partial charge is 0.319 e. The van der Waals surface area contributed by atoms with Gasteiger partial charge in [0.1, 0.15) is 11.6 Å². The first-order valence-corrected chi connectivity index (χ1v) is 10.4. The van der Waals surface area contributed by atoms with Crippen LogP contribution in [-0.4, -0.2) is 34.6 Å². The lowest BCUT2D eigenvalue weighted by Gasteiger charge is -2.18. The van der Waals surface area contributed by atoms with Crippen LogP contribution in [0.15, 0.2) is 55.0 Å². The molecule has 2 heterocycles. The van der Waals surface area contributed by atoms with Crippen molar-refractivity contribution in [2.45, 2.75) is 32.7 Å². The Morgan fingerprint density at radius 1 is 1.16 bits per heavy atom. The Morgan fingerprint density at radius 2 is 2.03 bits per heavy atom. The number of pyridine rings is 1. The first-order valence-electron chi connectivity index (χ1n) is 10.4. The Labute approximate surface area is 182 Å². The molecule has 0 aliphatic carbocycles. The van der Waals surface area contributed by atoms with Gasteiger partial charge in [0.05, 0.1) is 42.6 Å². The maximum Gasteiger partial charge on any atom is 0.319 e. The third-order valence-corrected chi connectivity index (χ3v) is 4.66. The van der Waals surface area contributed by atoms with Gasteiger partial charge >= 0.3 is 6.03 Å². The van der Waals surface area contributed by atoms with E-state index in [2.05, 4.69) is 32.8 Å². The standard InChI is InChI=1S/C23H28N6O2/c1-4-8-18(17-9-6-7-12-26-17)27-22-15-24-14-20(28-22)16-10-11-19(21(13-16)31-3)29-23(30)25-5-2/h6-7,9-15,18H,4-5,8H2,1-3H3,(H,27,28)(H2,25,29,30). The van der Waals surface area contributed by atoms with E-state index in [1.807, 2.05) is 37.3 Å². The van der Waals surface area contributed by atoms with E-state index in [0.29, 0.717) is 29.5 Å². The minimum Gasteiger partial charge on any atom is -0.495 e. The summed E-state index contributed by atoms with van der Waals surface area (Å²) in [5.74, 6) is 1.21. The van der Waals surface area contributed by atoms with Crippen LogP contribution >= 0.6 is 0 Å². The summed E-state index contributed by atoms with van der Waals surface area (Å²) in [5.41, 5.74) is 3.08. The summed E-state index contributed by atoms with van der Waals surface area (Å²) in [5, 5.41) is 8.93. The number of ether oxygens (including phenoxy) is 1. The third-order valence-electron chi connectivity index (χ3n) is 4.66. The molecule has 0 aliphatic rings. The average Bonchev–Trinajstić information content (AvgIpc) is 2.80. The second-order valence-corrected chi connectivity index (χ2v) is 6.93. The maximum atomic E-state index is 11.8. The molecule has 0 saturated carbocycles. The van der Waals surface area contributed by atoms with Crippen LogP contribution in [0.25, 0.3) is 11.3 Å². The Bertz CT molecular complexity index is 996. The second-order valence-electron chi connectivity index (χ2n) is 6.93.